The van der Waals surface area contributed by atoms with Crippen molar-refractivity contribution in [3.8, 4) is 0 Å². The predicted molar refractivity (Wildman–Crippen MR) is 95.8 cm³/mol. The summed E-state index contributed by atoms with van der Waals surface area (Å²) in [5.41, 5.74) is 0.287. The first-order valence-electron chi connectivity index (χ1n) is 7.57. The van der Waals surface area contributed by atoms with E-state index in [0.717, 1.165) is 0 Å². The molecule has 0 radical (unpaired) electrons. The van der Waals surface area contributed by atoms with Crippen LogP contribution in [0, 0.1) is 17.0 Å². The molecular formula is C16H12N4O6S. The van der Waals surface area contributed by atoms with E-state index in [9.17, 15) is 24.5 Å². The normalized spacial score (nSPS) is 15.1. The molecule has 2 aromatic rings. The van der Waals surface area contributed by atoms with Crippen molar-refractivity contribution in [3.63, 3.8) is 0 Å². The number of nitrogens with one attached hydrogen (secondary N) is 2. The minimum atomic E-state index is -0.613. The molecule has 2 N–H and O–H groups in total. The van der Waals surface area contributed by atoms with Crippen LogP contribution >= 0.6 is 11.8 Å². The van der Waals surface area contributed by atoms with Crippen LogP contribution in [-0.4, -0.2) is 27.1 Å². The number of benzene rings is 1. The summed E-state index contributed by atoms with van der Waals surface area (Å²) < 4.78 is 4.83. The highest BCUT2D eigenvalue weighted by Crippen LogP contribution is 2.28. The second-order valence-electron chi connectivity index (χ2n) is 5.55. The van der Waals surface area contributed by atoms with Crippen LogP contribution in [0.3, 0.4) is 0 Å². The smallest absolute Gasteiger partial charge is 0.290 e. The first-order chi connectivity index (χ1) is 12.8. The molecular weight excluding hydrogens is 376 g/mol. The van der Waals surface area contributed by atoms with Crippen molar-refractivity contribution in [1.82, 2.24) is 10.5 Å². The summed E-state index contributed by atoms with van der Waals surface area (Å²) in [5.74, 6) is -0.316. The van der Waals surface area contributed by atoms with Crippen molar-refractivity contribution in [1.29, 1.82) is 0 Å². The lowest BCUT2D eigenvalue weighted by molar-refractivity contribution is -0.385. The number of amides is 3. The van der Waals surface area contributed by atoms with E-state index in [1.165, 1.54) is 30.3 Å². The lowest BCUT2D eigenvalue weighted by Gasteiger charge is -2.05. The topological polar surface area (TPSA) is 144 Å². The van der Waals surface area contributed by atoms with E-state index in [-0.39, 0.29) is 28.4 Å². The van der Waals surface area contributed by atoms with Gasteiger partial charge >= 0.3 is 0 Å². The first kappa shape index (κ1) is 18.3. The molecule has 27 heavy (non-hydrogen) atoms. The van der Waals surface area contributed by atoms with Gasteiger partial charge in [-0.1, -0.05) is 17.3 Å². The Morgan fingerprint density at radius 3 is 2.78 bits per heavy atom. The van der Waals surface area contributed by atoms with Crippen molar-refractivity contribution < 1.29 is 23.8 Å². The molecule has 0 aliphatic carbocycles. The number of nitro groups is 1. The third-order valence-corrected chi connectivity index (χ3v) is 4.30. The molecule has 0 atom stereocenters. The van der Waals surface area contributed by atoms with Gasteiger partial charge in [0, 0.05) is 17.7 Å². The van der Waals surface area contributed by atoms with Gasteiger partial charge in [-0.25, -0.2) is 0 Å². The van der Waals surface area contributed by atoms with Crippen molar-refractivity contribution >= 4 is 46.4 Å². The van der Waals surface area contributed by atoms with E-state index >= 15 is 0 Å². The van der Waals surface area contributed by atoms with E-state index in [0.29, 0.717) is 23.1 Å². The number of nitro benzene ring substituents is 1. The fraction of sp³-hybridized carbons (Fsp3) is 0.125. The number of carbonyl (C=O) groups excluding carboxylic acids is 3. The SMILES string of the molecule is Cc1cc(NC(=O)Cc2ccc(/C=C3\SC(=O)NC3=O)cc2[N+](=O)[O-])no1. The van der Waals surface area contributed by atoms with Gasteiger partial charge in [0.25, 0.3) is 16.8 Å². The highest BCUT2D eigenvalue weighted by atomic mass is 32.2. The van der Waals surface area contributed by atoms with E-state index in [1.807, 2.05) is 0 Å². The average molecular weight is 388 g/mol. The Hall–Kier alpha value is -3.47. The van der Waals surface area contributed by atoms with Gasteiger partial charge < -0.3 is 9.84 Å². The monoisotopic (exact) mass is 388 g/mol. The molecule has 1 aromatic heterocycles. The summed E-state index contributed by atoms with van der Waals surface area (Å²) in [6.45, 7) is 1.66. The van der Waals surface area contributed by atoms with Gasteiger partial charge in [-0.05, 0) is 30.3 Å². The van der Waals surface area contributed by atoms with Crippen molar-refractivity contribution in [2.75, 3.05) is 5.32 Å². The Kier molecular flexibility index (Phi) is 5.03. The van der Waals surface area contributed by atoms with E-state index < -0.39 is 22.0 Å². The predicted octanol–water partition coefficient (Wildman–Crippen LogP) is 2.40. The number of imide groups is 1. The molecule has 0 saturated carbocycles. The molecule has 1 aliphatic rings. The molecule has 10 nitrogen and oxygen atoms in total. The van der Waals surface area contributed by atoms with Gasteiger partial charge in [0.1, 0.15) is 5.76 Å². The molecule has 2 heterocycles. The van der Waals surface area contributed by atoms with Gasteiger partial charge in [-0.3, -0.25) is 29.8 Å². The Morgan fingerprint density at radius 2 is 2.19 bits per heavy atom. The van der Waals surface area contributed by atoms with Crippen LogP contribution in [0.15, 0.2) is 33.7 Å². The van der Waals surface area contributed by atoms with Crippen LogP contribution in [0.25, 0.3) is 6.08 Å². The lowest BCUT2D eigenvalue weighted by Crippen LogP contribution is -2.17. The molecule has 0 bridgehead atoms. The van der Waals surface area contributed by atoms with Gasteiger partial charge in [0.15, 0.2) is 5.82 Å². The highest BCUT2D eigenvalue weighted by molar-refractivity contribution is 8.18. The summed E-state index contributed by atoms with van der Waals surface area (Å²) in [6, 6.07) is 5.72. The quantitative estimate of drug-likeness (QED) is 0.451. The standard InChI is InChI=1S/C16H12N4O6S/c1-8-4-13(19-26-8)17-14(21)7-10-3-2-9(5-11(10)20(24)25)6-12-15(22)18-16(23)27-12/h2-6H,7H2,1H3,(H,17,19,21)(H,18,22,23)/b12-6-. The van der Waals surface area contributed by atoms with Crippen LogP contribution < -0.4 is 10.6 Å². The van der Waals surface area contributed by atoms with Gasteiger partial charge in [-0.15, -0.1) is 0 Å². The zero-order valence-electron chi connectivity index (χ0n) is 13.8. The number of rotatable bonds is 5. The van der Waals surface area contributed by atoms with Gasteiger partial charge in [0.2, 0.25) is 5.91 Å². The molecule has 0 spiro atoms. The largest absolute Gasteiger partial charge is 0.360 e. The van der Waals surface area contributed by atoms with E-state index in [1.54, 1.807) is 6.92 Å². The molecule has 3 rings (SSSR count). The zero-order valence-corrected chi connectivity index (χ0v) is 14.7. The Labute approximate surface area is 156 Å². The van der Waals surface area contributed by atoms with E-state index in [4.69, 9.17) is 4.52 Å². The molecule has 1 saturated heterocycles. The van der Waals surface area contributed by atoms with Crippen LogP contribution in [0.4, 0.5) is 16.3 Å². The zero-order chi connectivity index (χ0) is 19.6. The van der Waals surface area contributed by atoms with Crippen LogP contribution in [-0.2, 0) is 16.0 Å². The maximum absolute atomic E-state index is 12.1. The second-order valence-corrected chi connectivity index (χ2v) is 6.56. The summed E-state index contributed by atoms with van der Waals surface area (Å²) in [7, 11) is 0. The van der Waals surface area contributed by atoms with Gasteiger partial charge in [-0.2, -0.15) is 0 Å². The number of nitrogens with zero attached hydrogens (tertiary/aromatic N) is 2. The molecule has 138 valence electrons. The average Bonchev–Trinajstić information content (AvgIpc) is 3.13. The third kappa shape index (κ3) is 4.39. The minimum absolute atomic E-state index is 0.140. The minimum Gasteiger partial charge on any atom is -0.360 e. The Morgan fingerprint density at radius 1 is 1.41 bits per heavy atom. The number of aryl methyl sites for hydroxylation is 1. The number of hydrogen-bond acceptors (Lipinski definition) is 8. The van der Waals surface area contributed by atoms with Crippen molar-refractivity contribution in [3.05, 3.63) is 56.2 Å². The van der Waals surface area contributed by atoms with E-state index in [2.05, 4.69) is 15.8 Å². The Bertz CT molecular complexity index is 997. The van der Waals surface area contributed by atoms with Crippen LogP contribution in [0.2, 0.25) is 0 Å². The number of thioether (sulfide) groups is 1. The second kappa shape index (κ2) is 7.41. The summed E-state index contributed by atoms with van der Waals surface area (Å²) in [4.78, 5) is 45.7. The number of anilines is 1. The molecule has 1 aliphatic heterocycles. The molecule has 3 amide bonds. The maximum Gasteiger partial charge on any atom is 0.290 e. The number of aromatic nitrogens is 1. The summed E-state index contributed by atoms with van der Waals surface area (Å²) >= 11 is 0.713. The Balaban J connectivity index is 1.80. The number of hydrogen-bond donors (Lipinski definition) is 2. The first-order valence-corrected chi connectivity index (χ1v) is 8.39. The molecule has 0 unspecified atom stereocenters. The lowest BCUT2D eigenvalue weighted by atomic mass is 10.1. The van der Waals surface area contributed by atoms with Crippen LogP contribution in [0.1, 0.15) is 16.9 Å². The maximum atomic E-state index is 12.1. The summed E-state index contributed by atoms with van der Waals surface area (Å²) in [6.07, 6.45) is 1.13. The van der Waals surface area contributed by atoms with Crippen molar-refractivity contribution in [2.45, 2.75) is 13.3 Å². The molecule has 11 heteroatoms. The van der Waals surface area contributed by atoms with Gasteiger partial charge in [0.05, 0.1) is 16.2 Å². The third-order valence-electron chi connectivity index (χ3n) is 3.49. The molecule has 1 fully saturated rings. The fourth-order valence-electron chi connectivity index (χ4n) is 2.35. The summed E-state index contributed by atoms with van der Waals surface area (Å²) in [5, 5.41) is 19.1. The van der Waals surface area contributed by atoms with Crippen molar-refractivity contribution in [2.24, 2.45) is 0 Å². The molecule has 1 aromatic carbocycles. The fourth-order valence-corrected chi connectivity index (χ4v) is 3.03. The van der Waals surface area contributed by atoms with Crippen LogP contribution in [0.5, 0.6) is 0 Å². The highest BCUT2D eigenvalue weighted by Gasteiger charge is 2.25. The number of carbonyl (C=O) groups is 3.